The van der Waals surface area contributed by atoms with E-state index in [-0.39, 0.29) is 18.7 Å². The van der Waals surface area contributed by atoms with Crippen LogP contribution in [0.1, 0.15) is 63.8 Å². The Hall–Kier alpha value is -2.91. The number of carbonyl (C=O) groups is 2. The number of benzene rings is 2. The Bertz CT molecular complexity index is 1150. The van der Waals surface area contributed by atoms with Gasteiger partial charge in [-0.05, 0) is 70.7 Å². The molecule has 0 aromatic heterocycles. The fourth-order valence-electron chi connectivity index (χ4n) is 3.33. The molecule has 0 aliphatic heterocycles. The van der Waals surface area contributed by atoms with Crippen LogP contribution >= 0.6 is 0 Å². The van der Waals surface area contributed by atoms with Crippen LogP contribution in [0.4, 0.5) is 4.79 Å². The third-order valence-electron chi connectivity index (χ3n) is 4.92. The van der Waals surface area contributed by atoms with Gasteiger partial charge in [0.2, 0.25) is 10.0 Å². The maximum Gasteiger partial charge on any atom is 0.408 e. The molecule has 0 radical (unpaired) electrons. The van der Waals surface area contributed by atoms with Gasteiger partial charge in [-0.2, -0.15) is 0 Å². The second-order valence-electron chi connectivity index (χ2n) is 10.8. The molecule has 0 saturated carbocycles. The van der Waals surface area contributed by atoms with Gasteiger partial charge in [-0.15, -0.1) is 0 Å². The van der Waals surface area contributed by atoms with Gasteiger partial charge in [0.1, 0.15) is 17.2 Å². The topological polar surface area (TPSA) is 111 Å². The molecule has 0 aliphatic carbocycles. The van der Waals surface area contributed by atoms with E-state index in [1.54, 1.807) is 65.8 Å². The lowest BCUT2D eigenvalue weighted by molar-refractivity contribution is -0.157. The third-order valence-corrected chi connectivity index (χ3v) is 6.21. The van der Waals surface area contributed by atoms with E-state index < -0.39 is 39.3 Å². The predicted octanol–water partition coefficient (Wildman–Crippen LogP) is 4.39. The molecule has 2 rings (SSSR count). The molecule has 0 unspecified atom stereocenters. The molecule has 2 aromatic carbocycles. The van der Waals surface area contributed by atoms with Crippen molar-refractivity contribution >= 4 is 22.1 Å². The van der Waals surface area contributed by atoms with Gasteiger partial charge in [-0.1, -0.05) is 48.5 Å². The summed E-state index contributed by atoms with van der Waals surface area (Å²) in [4.78, 5) is 25.3. The fraction of sp³-hybridized carbons (Fsp3) is 0.481. The predicted molar refractivity (Wildman–Crippen MR) is 140 cm³/mol. The zero-order chi connectivity index (χ0) is 27.1. The molecule has 0 heterocycles. The average molecular weight is 519 g/mol. The van der Waals surface area contributed by atoms with Crippen LogP contribution in [-0.4, -0.2) is 37.7 Å². The highest BCUT2D eigenvalue weighted by atomic mass is 32.2. The van der Waals surface area contributed by atoms with Crippen LogP contribution in [0.2, 0.25) is 0 Å². The Balaban J connectivity index is 2.18. The smallest absolute Gasteiger partial charge is 0.408 e. The van der Waals surface area contributed by atoms with Gasteiger partial charge in [0.05, 0.1) is 5.75 Å². The molecular formula is C27H38N2O6S. The number of aryl methyl sites for hydroxylation is 1. The number of alkyl carbamates (subject to hydrolysis) is 1. The molecule has 2 N–H and O–H groups in total. The molecule has 0 fully saturated rings. The van der Waals surface area contributed by atoms with Crippen LogP contribution in [0, 0.1) is 6.92 Å². The van der Waals surface area contributed by atoms with Crippen LogP contribution in [0.25, 0.3) is 0 Å². The Morgan fingerprint density at radius 2 is 1.50 bits per heavy atom. The summed E-state index contributed by atoms with van der Waals surface area (Å²) in [5, 5.41) is 2.63. The first-order valence-corrected chi connectivity index (χ1v) is 13.5. The average Bonchev–Trinajstić information content (AvgIpc) is 2.71. The molecule has 198 valence electrons. The summed E-state index contributed by atoms with van der Waals surface area (Å²) in [6, 6.07) is 13.5. The summed E-state index contributed by atoms with van der Waals surface area (Å²) in [5.41, 5.74) is 1.64. The number of ether oxygens (including phenoxy) is 2. The quantitative estimate of drug-likeness (QED) is 0.476. The lowest BCUT2D eigenvalue weighted by atomic mass is 9.98. The number of sulfonamides is 1. The number of nitrogens with one attached hydrogen (secondary N) is 2. The van der Waals surface area contributed by atoms with Crippen molar-refractivity contribution in [2.45, 2.75) is 84.4 Å². The molecule has 8 nitrogen and oxygen atoms in total. The van der Waals surface area contributed by atoms with Gasteiger partial charge < -0.3 is 14.8 Å². The Morgan fingerprint density at radius 3 is 2.08 bits per heavy atom. The minimum absolute atomic E-state index is 0.0963. The standard InChI is InChI=1S/C27H38N2O6S/c1-19-13-14-21(17-28-36(32,33)18-20-11-9-8-10-12-20)15-22(19)16-23(24(30)34-26(2,3)4)29-25(31)35-27(5,6)7/h8-15,23,28H,16-18H2,1-7H3,(H,29,31)/t23-/m0/s1. The lowest BCUT2D eigenvalue weighted by Gasteiger charge is -2.26. The minimum atomic E-state index is -3.54. The summed E-state index contributed by atoms with van der Waals surface area (Å²) in [7, 11) is -3.54. The number of amides is 1. The minimum Gasteiger partial charge on any atom is -0.458 e. The van der Waals surface area contributed by atoms with Gasteiger partial charge in [-0.3, -0.25) is 0 Å². The van der Waals surface area contributed by atoms with Crippen LogP contribution < -0.4 is 10.0 Å². The highest BCUT2D eigenvalue weighted by Gasteiger charge is 2.29. The van der Waals surface area contributed by atoms with Crippen molar-refractivity contribution in [3.8, 4) is 0 Å². The van der Waals surface area contributed by atoms with Crippen LogP contribution in [0.3, 0.4) is 0 Å². The lowest BCUT2D eigenvalue weighted by Crippen LogP contribution is -2.47. The second-order valence-corrected chi connectivity index (χ2v) is 12.6. The second kappa shape index (κ2) is 11.9. The highest BCUT2D eigenvalue weighted by Crippen LogP contribution is 2.17. The first kappa shape index (κ1) is 29.3. The van der Waals surface area contributed by atoms with E-state index in [2.05, 4.69) is 10.0 Å². The van der Waals surface area contributed by atoms with E-state index in [1.165, 1.54) is 0 Å². The largest absolute Gasteiger partial charge is 0.458 e. The molecule has 0 bridgehead atoms. The van der Waals surface area contributed by atoms with E-state index in [9.17, 15) is 18.0 Å². The van der Waals surface area contributed by atoms with Crippen molar-refractivity contribution in [3.63, 3.8) is 0 Å². The molecule has 1 atom stereocenters. The summed E-state index contributed by atoms with van der Waals surface area (Å²) in [6.07, 6.45) is -0.564. The maximum atomic E-state index is 12.9. The van der Waals surface area contributed by atoms with Crippen molar-refractivity contribution in [1.29, 1.82) is 0 Å². The van der Waals surface area contributed by atoms with Gasteiger partial charge in [0.25, 0.3) is 0 Å². The first-order valence-electron chi connectivity index (χ1n) is 11.8. The van der Waals surface area contributed by atoms with E-state index in [4.69, 9.17) is 9.47 Å². The maximum absolute atomic E-state index is 12.9. The highest BCUT2D eigenvalue weighted by molar-refractivity contribution is 7.88. The molecule has 0 spiro atoms. The van der Waals surface area contributed by atoms with Crippen molar-refractivity contribution in [2.24, 2.45) is 0 Å². The Kier molecular flexibility index (Phi) is 9.68. The summed E-state index contributed by atoms with van der Waals surface area (Å²) in [5.74, 6) is -0.700. The zero-order valence-electron chi connectivity index (χ0n) is 22.2. The van der Waals surface area contributed by atoms with Crippen molar-refractivity contribution in [1.82, 2.24) is 10.0 Å². The normalized spacial score (nSPS) is 13.1. The van der Waals surface area contributed by atoms with Gasteiger partial charge in [-0.25, -0.2) is 22.7 Å². The van der Waals surface area contributed by atoms with Gasteiger partial charge in [0, 0.05) is 13.0 Å². The van der Waals surface area contributed by atoms with Gasteiger partial charge >= 0.3 is 12.1 Å². The molecule has 0 aliphatic rings. The molecular weight excluding hydrogens is 480 g/mol. The Labute approximate surface area is 214 Å². The van der Waals surface area contributed by atoms with Gasteiger partial charge in [0.15, 0.2) is 0 Å². The number of rotatable bonds is 9. The van der Waals surface area contributed by atoms with Crippen molar-refractivity contribution in [2.75, 3.05) is 0 Å². The molecule has 9 heteroatoms. The Morgan fingerprint density at radius 1 is 0.889 bits per heavy atom. The number of esters is 1. The third kappa shape index (κ3) is 10.8. The molecule has 36 heavy (non-hydrogen) atoms. The van der Waals surface area contributed by atoms with Crippen LogP contribution in [-0.2, 0) is 43.0 Å². The summed E-state index contributed by atoms with van der Waals surface area (Å²) < 4.78 is 38.5. The van der Waals surface area contributed by atoms with E-state index in [1.807, 2.05) is 31.2 Å². The first-order chi connectivity index (χ1) is 16.5. The molecule has 2 aromatic rings. The molecule has 0 saturated heterocycles. The SMILES string of the molecule is Cc1ccc(CNS(=O)(=O)Cc2ccccc2)cc1C[C@H](NC(=O)OC(C)(C)C)C(=O)OC(C)(C)C. The van der Waals surface area contributed by atoms with Crippen molar-refractivity contribution < 1.29 is 27.5 Å². The zero-order valence-corrected chi connectivity index (χ0v) is 23.0. The summed E-state index contributed by atoms with van der Waals surface area (Å²) in [6.45, 7) is 12.5. The van der Waals surface area contributed by atoms with E-state index in [0.29, 0.717) is 5.56 Å². The van der Waals surface area contributed by atoms with Crippen LogP contribution in [0.5, 0.6) is 0 Å². The van der Waals surface area contributed by atoms with E-state index in [0.717, 1.165) is 16.7 Å². The molecule has 1 amide bonds. The van der Waals surface area contributed by atoms with Crippen LogP contribution in [0.15, 0.2) is 48.5 Å². The van der Waals surface area contributed by atoms with E-state index >= 15 is 0 Å². The summed E-state index contributed by atoms with van der Waals surface area (Å²) >= 11 is 0. The number of carbonyl (C=O) groups excluding carboxylic acids is 2. The van der Waals surface area contributed by atoms with Crippen molar-refractivity contribution in [3.05, 3.63) is 70.8 Å². The number of hydrogen-bond donors (Lipinski definition) is 2. The number of hydrogen-bond acceptors (Lipinski definition) is 6. The fourth-order valence-corrected chi connectivity index (χ4v) is 4.45. The monoisotopic (exact) mass is 518 g/mol.